The molecule has 1 rings (SSSR count). The number of para-hydroxylation sites is 1. The summed E-state index contributed by atoms with van der Waals surface area (Å²) >= 11 is 1.36. The van der Waals surface area contributed by atoms with Crippen LogP contribution < -0.4 is 10.5 Å². The van der Waals surface area contributed by atoms with Crippen LogP contribution >= 0.6 is 11.8 Å². The van der Waals surface area contributed by atoms with Gasteiger partial charge in [-0.05, 0) is 24.3 Å². The second-order valence-corrected chi connectivity index (χ2v) is 4.96. The van der Waals surface area contributed by atoms with E-state index in [-0.39, 0.29) is 0 Å². The lowest BCUT2D eigenvalue weighted by atomic mass is 10.2. The third-order valence-corrected chi connectivity index (χ3v) is 2.55. The molecule has 0 fully saturated rings. The van der Waals surface area contributed by atoms with Crippen LogP contribution in [-0.2, 0) is 0 Å². The van der Waals surface area contributed by atoms with Crippen LogP contribution in [0.15, 0.2) is 34.5 Å². The van der Waals surface area contributed by atoms with E-state index in [0.717, 1.165) is 11.3 Å². The van der Waals surface area contributed by atoms with Gasteiger partial charge in [-0.2, -0.15) is 5.10 Å². The van der Waals surface area contributed by atoms with Crippen molar-refractivity contribution in [1.29, 1.82) is 0 Å². The van der Waals surface area contributed by atoms with Gasteiger partial charge in [-0.25, -0.2) is 0 Å². The maximum Gasteiger partial charge on any atom is 0.180 e. The van der Waals surface area contributed by atoms with E-state index < -0.39 is 0 Å². The van der Waals surface area contributed by atoms with Crippen LogP contribution in [0.5, 0.6) is 5.75 Å². The Kier molecular flexibility index (Phi) is 6.28. The molecule has 0 aliphatic heterocycles. The molecule has 2 N–H and O–H groups in total. The van der Waals surface area contributed by atoms with E-state index in [9.17, 15) is 0 Å². The largest absolute Gasteiger partial charge is 0.493 e. The van der Waals surface area contributed by atoms with Crippen molar-refractivity contribution in [1.82, 2.24) is 0 Å². The van der Waals surface area contributed by atoms with E-state index in [1.54, 1.807) is 6.21 Å². The highest BCUT2D eigenvalue weighted by atomic mass is 32.2. The highest BCUT2D eigenvalue weighted by molar-refractivity contribution is 8.13. The van der Waals surface area contributed by atoms with Gasteiger partial charge in [0.05, 0.1) is 12.8 Å². The lowest BCUT2D eigenvalue weighted by Gasteiger charge is -2.10. The van der Waals surface area contributed by atoms with E-state index >= 15 is 0 Å². The lowest BCUT2D eigenvalue weighted by Crippen LogP contribution is -2.06. The first-order valence-corrected chi connectivity index (χ1v) is 6.98. The van der Waals surface area contributed by atoms with Crippen LogP contribution in [0.25, 0.3) is 0 Å². The summed E-state index contributed by atoms with van der Waals surface area (Å²) in [7, 11) is 0. The predicted octanol–water partition coefficient (Wildman–Crippen LogP) is 2.73. The van der Waals surface area contributed by atoms with Crippen LogP contribution in [0.4, 0.5) is 0 Å². The number of nitrogens with zero attached hydrogens (tertiary/aromatic N) is 2. The molecule has 4 nitrogen and oxygen atoms in total. The Bertz CT molecular complexity index is 430. The zero-order valence-corrected chi connectivity index (χ0v) is 11.8. The van der Waals surface area contributed by atoms with Crippen LogP contribution in [-0.4, -0.2) is 24.2 Å². The Morgan fingerprint density at radius 1 is 1.44 bits per heavy atom. The first-order valence-electron chi connectivity index (χ1n) is 5.75. The monoisotopic (exact) mass is 265 g/mol. The van der Waals surface area contributed by atoms with Gasteiger partial charge in [0, 0.05) is 5.56 Å². The predicted molar refractivity (Wildman–Crippen MR) is 79.5 cm³/mol. The fourth-order valence-corrected chi connectivity index (χ4v) is 1.29. The van der Waals surface area contributed by atoms with Crippen molar-refractivity contribution in [3.05, 3.63) is 29.8 Å². The summed E-state index contributed by atoms with van der Waals surface area (Å²) in [5, 5.41) is 8.22. The van der Waals surface area contributed by atoms with Gasteiger partial charge < -0.3 is 10.5 Å². The molecule has 18 heavy (non-hydrogen) atoms. The molecular weight excluding hydrogens is 246 g/mol. The molecule has 1 aromatic carbocycles. The number of hydrogen-bond acceptors (Lipinski definition) is 4. The molecule has 0 unspecified atom stereocenters. The van der Waals surface area contributed by atoms with E-state index in [2.05, 4.69) is 24.1 Å². The SMILES string of the molecule is CS/C(N)=N/N=C\c1ccccc1OCC(C)C. The summed E-state index contributed by atoms with van der Waals surface area (Å²) < 4.78 is 5.71. The minimum Gasteiger partial charge on any atom is -0.493 e. The third-order valence-electron chi connectivity index (χ3n) is 2.05. The van der Waals surface area contributed by atoms with E-state index in [1.807, 2.05) is 30.5 Å². The Morgan fingerprint density at radius 2 is 2.17 bits per heavy atom. The van der Waals surface area contributed by atoms with Crippen molar-refractivity contribution in [3.63, 3.8) is 0 Å². The van der Waals surface area contributed by atoms with Gasteiger partial charge in [0.15, 0.2) is 5.17 Å². The lowest BCUT2D eigenvalue weighted by molar-refractivity contribution is 0.271. The summed E-state index contributed by atoms with van der Waals surface area (Å²) in [5.74, 6) is 1.30. The topological polar surface area (TPSA) is 60.0 Å². The molecule has 1 aromatic rings. The zero-order valence-electron chi connectivity index (χ0n) is 11.0. The number of amidine groups is 1. The molecule has 0 aromatic heterocycles. The minimum absolute atomic E-state index is 0.437. The van der Waals surface area contributed by atoms with Gasteiger partial charge in [0.25, 0.3) is 0 Å². The molecule has 0 aliphatic rings. The average Bonchev–Trinajstić information content (AvgIpc) is 2.37. The molecule has 0 bridgehead atoms. The molecule has 0 aliphatic carbocycles. The minimum atomic E-state index is 0.437. The highest BCUT2D eigenvalue weighted by Gasteiger charge is 2.01. The smallest absolute Gasteiger partial charge is 0.180 e. The molecular formula is C13H19N3OS. The van der Waals surface area contributed by atoms with E-state index in [4.69, 9.17) is 10.5 Å². The number of benzene rings is 1. The van der Waals surface area contributed by atoms with Crippen LogP contribution in [0.2, 0.25) is 0 Å². The van der Waals surface area contributed by atoms with Crippen molar-refractivity contribution in [2.45, 2.75) is 13.8 Å². The summed E-state index contributed by atoms with van der Waals surface area (Å²) in [6, 6.07) is 7.73. The number of thioether (sulfide) groups is 1. The zero-order chi connectivity index (χ0) is 13.4. The molecule has 98 valence electrons. The van der Waals surface area contributed by atoms with Crippen LogP contribution in [0.3, 0.4) is 0 Å². The molecule has 0 saturated heterocycles. The fourth-order valence-electron chi connectivity index (χ4n) is 1.16. The van der Waals surface area contributed by atoms with Gasteiger partial charge in [0.2, 0.25) is 0 Å². The molecule has 5 heteroatoms. The second-order valence-electron chi connectivity index (χ2n) is 4.13. The van der Waals surface area contributed by atoms with Crippen molar-refractivity contribution >= 4 is 23.1 Å². The summed E-state index contributed by atoms with van der Waals surface area (Å²) in [6.45, 7) is 4.90. The number of ether oxygens (including phenoxy) is 1. The van der Waals surface area contributed by atoms with Crippen molar-refractivity contribution < 1.29 is 4.74 Å². The molecule has 0 spiro atoms. The van der Waals surface area contributed by atoms with Gasteiger partial charge >= 0.3 is 0 Å². The first kappa shape index (κ1) is 14.6. The quantitative estimate of drug-likeness (QED) is 0.506. The maximum atomic E-state index is 5.71. The molecule has 0 saturated carbocycles. The number of nitrogens with two attached hydrogens (primary N) is 1. The van der Waals surface area contributed by atoms with Gasteiger partial charge in [-0.1, -0.05) is 37.7 Å². The fraction of sp³-hybridized carbons (Fsp3) is 0.385. The normalized spacial score (nSPS) is 12.3. The van der Waals surface area contributed by atoms with Crippen LogP contribution in [0.1, 0.15) is 19.4 Å². The maximum absolute atomic E-state index is 5.71. The Morgan fingerprint density at radius 3 is 2.83 bits per heavy atom. The Hall–Kier alpha value is -1.49. The van der Waals surface area contributed by atoms with Crippen molar-refractivity contribution in [3.8, 4) is 5.75 Å². The summed E-state index contributed by atoms with van der Waals surface area (Å²) in [6.07, 6.45) is 3.51. The standard InChI is InChI=1S/C13H19N3OS/c1-10(2)9-17-12-7-5-4-6-11(12)8-15-16-13(14)18-3/h4-8,10H,9H2,1-3H3,(H2,14,16)/b15-8-. The molecule has 0 heterocycles. The molecule has 0 atom stereocenters. The number of hydrogen-bond donors (Lipinski definition) is 1. The third kappa shape index (κ3) is 5.23. The Labute approximate surface area is 112 Å². The van der Waals surface area contributed by atoms with Gasteiger partial charge in [0.1, 0.15) is 5.75 Å². The van der Waals surface area contributed by atoms with Gasteiger partial charge in [-0.3, -0.25) is 0 Å². The average molecular weight is 265 g/mol. The molecule has 0 amide bonds. The summed E-state index contributed by atoms with van der Waals surface area (Å²) in [5.41, 5.74) is 6.44. The van der Waals surface area contributed by atoms with E-state index in [0.29, 0.717) is 17.7 Å². The van der Waals surface area contributed by atoms with Crippen molar-refractivity contribution in [2.75, 3.05) is 12.9 Å². The first-order chi connectivity index (χ1) is 8.63. The van der Waals surface area contributed by atoms with Crippen LogP contribution in [0, 0.1) is 5.92 Å². The van der Waals surface area contributed by atoms with Crippen molar-refractivity contribution in [2.24, 2.45) is 21.9 Å². The molecule has 0 radical (unpaired) electrons. The second kappa shape index (κ2) is 7.76. The Balaban J connectivity index is 2.75. The number of rotatable bonds is 5. The van der Waals surface area contributed by atoms with Gasteiger partial charge in [-0.15, -0.1) is 5.10 Å². The summed E-state index contributed by atoms with van der Waals surface area (Å²) in [4.78, 5) is 0. The van der Waals surface area contributed by atoms with E-state index in [1.165, 1.54) is 11.8 Å². The highest BCUT2D eigenvalue weighted by Crippen LogP contribution is 2.16.